The van der Waals surface area contributed by atoms with Crippen molar-refractivity contribution in [1.29, 1.82) is 0 Å². The number of carbonyl (C=O) groups is 2. The van der Waals surface area contributed by atoms with Gasteiger partial charge in [0.25, 0.3) is 12.3 Å². The van der Waals surface area contributed by atoms with Gasteiger partial charge in [-0.25, -0.2) is 0 Å². The van der Waals surface area contributed by atoms with Crippen molar-refractivity contribution in [3.8, 4) is 0 Å². The van der Waals surface area contributed by atoms with Gasteiger partial charge in [-0.2, -0.15) is 0 Å². The maximum atomic E-state index is 9.06. The van der Waals surface area contributed by atoms with Gasteiger partial charge in [-0.3, -0.25) is 0 Å². The fourth-order valence-electron chi connectivity index (χ4n) is 5.20. The molecule has 0 N–H and O–H groups in total. The highest BCUT2D eigenvalue weighted by atomic mass is 16.7. The normalized spacial score (nSPS) is 11.0. The van der Waals surface area contributed by atoms with Crippen LogP contribution in [0.4, 0.5) is 9.59 Å². The molecular formula is C26H56N2O5. The topological polar surface area (TPSA) is 89.5 Å². The van der Waals surface area contributed by atoms with Crippen LogP contribution < -0.4 is 10.2 Å². The summed E-state index contributed by atoms with van der Waals surface area (Å²) >= 11 is 0. The van der Waals surface area contributed by atoms with E-state index in [1.54, 1.807) is 0 Å². The van der Waals surface area contributed by atoms with E-state index in [4.69, 9.17) is 19.8 Å². The van der Waals surface area contributed by atoms with E-state index < -0.39 is 12.3 Å². The molecule has 0 unspecified atom stereocenters. The Morgan fingerprint density at radius 1 is 0.455 bits per heavy atom. The summed E-state index contributed by atoms with van der Waals surface area (Å²) in [5.74, 6) is 0. The van der Waals surface area contributed by atoms with E-state index in [0.717, 1.165) is 0 Å². The van der Waals surface area contributed by atoms with Crippen LogP contribution in [0.3, 0.4) is 0 Å². The molecule has 0 radical (unpaired) electrons. The van der Waals surface area contributed by atoms with Crippen molar-refractivity contribution >= 4 is 12.3 Å². The van der Waals surface area contributed by atoms with E-state index in [-0.39, 0.29) is 0 Å². The molecular weight excluding hydrogens is 420 g/mol. The highest BCUT2D eigenvalue weighted by Crippen LogP contribution is 2.13. The standard InChI is InChI=1S/2C12H28N.C2H2O5/c2*1-5-9-13(10-6-2,11-7-3)12-8-4;3-1(4)7-2(5)6/h2*5-12H2,1-4H3;(H,3,4)(H,5,6)/q2*+1;/p-2. The molecule has 7 heteroatoms. The number of quaternary nitrogens is 2. The van der Waals surface area contributed by atoms with Crippen LogP contribution in [0.5, 0.6) is 0 Å². The van der Waals surface area contributed by atoms with E-state index in [0.29, 0.717) is 0 Å². The summed E-state index contributed by atoms with van der Waals surface area (Å²) in [4.78, 5) is 18.1. The number of hydrogen-bond acceptors (Lipinski definition) is 5. The van der Waals surface area contributed by atoms with Crippen LogP contribution in [0.15, 0.2) is 0 Å². The van der Waals surface area contributed by atoms with Gasteiger partial charge in [-0.15, -0.1) is 0 Å². The van der Waals surface area contributed by atoms with E-state index in [2.05, 4.69) is 60.1 Å². The number of carbonyl (C=O) groups excluding carboxylic acids is 2. The molecule has 0 heterocycles. The summed E-state index contributed by atoms with van der Waals surface area (Å²) in [6.45, 7) is 29.6. The van der Waals surface area contributed by atoms with Gasteiger partial charge in [-0.05, 0) is 51.4 Å². The molecule has 33 heavy (non-hydrogen) atoms. The van der Waals surface area contributed by atoms with Crippen molar-refractivity contribution in [2.24, 2.45) is 0 Å². The van der Waals surface area contributed by atoms with E-state index in [9.17, 15) is 0 Å². The van der Waals surface area contributed by atoms with Gasteiger partial charge in [0, 0.05) is 0 Å². The minimum atomic E-state index is -2.12. The Morgan fingerprint density at radius 2 is 0.606 bits per heavy atom. The lowest BCUT2D eigenvalue weighted by Crippen LogP contribution is -2.50. The van der Waals surface area contributed by atoms with Gasteiger partial charge >= 0.3 is 0 Å². The molecule has 0 saturated heterocycles. The van der Waals surface area contributed by atoms with Crippen molar-refractivity contribution in [1.82, 2.24) is 0 Å². The molecule has 0 aliphatic carbocycles. The lowest BCUT2D eigenvalue weighted by Gasteiger charge is -2.38. The monoisotopic (exact) mass is 476 g/mol. The fraction of sp³-hybridized carbons (Fsp3) is 0.923. The van der Waals surface area contributed by atoms with Gasteiger partial charge < -0.3 is 33.5 Å². The SMILES string of the molecule is CCC[N+](CCC)(CCC)CCC.CCC[N+](CCC)(CCC)CCC.O=C([O-])OC(=O)[O-]. The van der Waals surface area contributed by atoms with Crippen molar-refractivity contribution in [3.63, 3.8) is 0 Å². The number of carboxylic acid groups (broad SMARTS) is 2. The van der Waals surface area contributed by atoms with Crippen molar-refractivity contribution < 1.29 is 33.5 Å². The van der Waals surface area contributed by atoms with Crippen molar-refractivity contribution in [2.45, 2.75) is 107 Å². The summed E-state index contributed by atoms with van der Waals surface area (Å²) in [5, 5.41) is 18.1. The van der Waals surface area contributed by atoms with Crippen LogP contribution in [0.25, 0.3) is 0 Å². The van der Waals surface area contributed by atoms with Crippen LogP contribution in [-0.4, -0.2) is 73.6 Å². The van der Waals surface area contributed by atoms with Gasteiger partial charge in [-0.1, -0.05) is 55.4 Å². The van der Waals surface area contributed by atoms with Crippen LogP contribution in [0.2, 0.25) is 0 Å². The van der Waals surface area contributed by atoms with Crippen LogP contribution in [0, 0.1) is 0 Å². The molecule has 0 aromatic heterocycles. The van der Waals surface area contributed by atoms with E-state index >= 15 is 0 Å². The minimum Gasteiger partial charge on any atom is -0.483 e. The second-order valence-electron chi connectivity index (χ2n) is 9.07. The predicted molar refractivity (Wildman–Crippen MR) is 134 cm³/mol. The zero-order chi connectivity index (χ0) is 26.2. The van der Waals surface area contributed by atoms with E-state index in [1.165, 1.54) is 113 Å². The van der Waals surface area contributed by atoms with Gasteiger partial charge in [0.15, 0.2) is 0 Å². The Bertz CT molecular complexity index is 359. The molecule has 0 rings (SSSR count). The highest BCUT2D eigenvalue weighted by molar-refractivity contribution is 5.71. The quantitative estimate of drug-likeness (QED) is 0.185. The number of hydrogen-bond donors (Lipinski definition) is 0. The zero-order valence-corrected chi connectivity index (χ0v) is 23.2. The Kier molecular flexibility index (Phi) is 26.1. The first-order valence-electron chi connectivity index (χ1n) is 13.4. The molecule has 0 aromatic carbocycles. The molecule has 0 aliphatic rings. The maximum Gasteiger partial charge on any atom is 0.259 e. The molecule has 200 valence electrons. The summed E-state index contributed by atoms with van der Waals surface area (Å²) in [5.41, 5.74) is 0. The van der Waals surface area contributed by atoms with E-state index in [1.807, 2.05) is 0 Å². The first kappa shape index (κ1) is 36.2. The third-order valence-corrected chi connectivity index (χ3v) is 5.75. The van der Waals surface area contributed by atoms with Crippen molar-refractivity contribution in [2.75, 3.05) is 52.4 Å². The Morgan fingerprint density at radius 3 is 0.667 bits per heavy atom. The molecule has 0 aromatic rings. The van der Waals surface area contributed by atoms with Gasteiger partial charge in [0.1, 0.15) is 0 Å². The lowest BCUT2D eigenvalue weighted by atomic mass is 10.2. The molecule has 0 saturated carbocycles. The molecule has 0 bridgehead atoms. The minimum absolute atomic E-state index is 1.33. The zero-order valence-electron chi connectivity index (χ0n) is 23.2. The smallest absolute Gasteiger partial charge is 0.259 e. The molecule has 0 spiro atoms. The predicted octanol–water partition coefficient (Wildman–Crippen LogP) is 4.58. The molecule has 0 aliphatic heterocycles. The number of ether oxygens (including phenoxy) is 1. The van der Waals surface area contributed by atoms with Crippen LogP contribution in [0.1, 0.15) is 107 Å². The van der Waals surface area contributed by atoms with Crippen molar-refractivity contribution in [3.05, 3.63) is 0 Å². The fourth-order valence-corrected chi connectivity index (χ4v) is 5.20. The first-order valence-corrected chi connectivity index (χ1v) is 13.4. The Labute approximate surface area is 205 Å². The molecule has 0 atom stereocenters. The second-order valence-corrected chi connectivity index (χ2v) is 9.07. The third kappa shape index (κ3) is 21.0. The number of rotatable bonds is 16. The van der Waals surface area contributed by atoms with Crippen LogP contribution in [-0.2, 0) is 4.74 Å². The average molecular weight is 477 g/mol. The molecule has 0 fully saturated rings. The summed E-state index contributed by atoms with van der Waals surface area (Å²) in [6.07, 6.45) is 6.42. The highest BCUT2D eigenvalue weighted by Gasteiger charge is 2.23. The summed E-state index contributed by atoms with van der Waals surface area (Å²) < 4.78 is 5.61. The molecule has 7 nitrogen and oxygen atoms in total. The third-order valence-electron chi connectivity index (χ3n) is 5.75. The van der Waals surface area contributed by atoms with Crippen LogP contribution >= 0.6 is 0 Å². The Balaban J connectivity index is -0.000000429. The lowest BCUT2D eigenvalue weighted by molar-refractivity contribution is -0.928. The van der Waals surface area contributed by atoms with Gasteiger partial charge in [0.2, 0.25) is 0 Å². The second kappa shape index (κ2) is 23.8. The summed E-state index contributed by atoms with van der Waals surface area (Å²) in [7, 11) is 0. The largest absolute Gasteiger partial charge is 0.483 e. The first-order chi connectivity index (χ1) is 15.6. The summed E-state index contributed by atoms with van der Waals surface area (Å²) in [6, 6.07) is 0. The Hall–Kier alpha value is -1.34. The molecule has 0 amide bonds. The van der Waals surface area contributed by atoms with Gasteiger partial charge in [0.05, 0.1) is 52.4 Å². The average Bonchev–Trinajstić information content (AvgIpc) is 2.69. The number of nitrogens with zero attached hydrogens (tertiary/aromatic N) is 2. The maximum absolute atomic E-state index is 9.06.